The van der Waals surface area contributed by atoms with Crippen molar-refractivity contribution in [2.45, 2.75) is 25.8 Å². The Kier molecular flexibility index (Phi) is 4.24. The number of carbonyl (C=O) groups is 2. The van der Waals surface area contributed by atoms with Gasteiger partial charge in [-0.15, -0.1) is 0 Å². The first kappa shape index (κ1) is 16.4. The quantitative estimate of drug-likeness (QED) is 0.891. The van der Waals surface area contributed by atoms with Gasteiger partial charge in [0.2, 0.25) is 5.91 Å². The van der Waals surface area contributed by atoms with E-state index < -0.39 is 0 Å². The second-order valence-corrected chi connectivity index (χ2v) is 6.52. The number of hydrogen-bond acceptors (Lipinski definition) is 4. The van der Waals surface area contributed by atoms with Gasteiger partial charge in [0.25, 0.3) is 5.91 Å². The predicted octanol–water partition coefficient (Wildman–Crippen LogP) is 2.83. The van der Waals surface area contributed by atoms with Gasteiger partial charge in [0, 0.05) is 17.7 Å². The maximum absolute atomic E-state index is 12.6. The number of carbonyl (C=O) groups excluding carboxylic acids is 2. The normalized spacial score (nSPS) is 16.3. The Labute approximate surface area is 151 Å². The van der Waals surface area contributed by atoms with Crippen molar-refractivity contribution in [2.75, 3.05) is 18.5 Å². The summed E-state index contributed by atoms with van der Waals surface area (Å²) in [6.07, 6.45) is 1.10. The molecule has 0 spiro atoms. The molecule has 6 heteroatoms. The molecule has 2 heterocycles. The number of rotatable bonds is 3. The summed E-state index contributed by atoms with van der Waals surface area (Å²) in [7, 11) is 0. The second kappa shape index (κ2) is 6.71. The predicted molar refractivity (Wildman–Crippen MR) is 96.7 cm³/mol. The van der Waals surface area contributed by atoms with Crippen LogP contribution >= 0.6 is 0 Å². The highest BCUT2D eigenvalue weighted by Gasteiger charge is 2.19. The monoisotopic (exact) mass is 352 g/mol. The maximum Gasteiger partial charge on any atom is 0.251 e. The lowest BCUT2D eigenvalue weighted by atomic mass is 9.99. The minimum atomic E-state index is -0.172. The molecule has 1 unspecified atom stereocenters. The van der Waals surface area contributed by atoms with Crippen LogP contribution in [0, 0.1) is 0 Å². The van der Waals surface area contributed by atoms with E-state index in [1.165, 1.54) is 0 Å². The molecule has 0 fully saturated rings. The maximum atomic E-state index is 12.6. The Balaban J connectivity index is 1.48. The zero-order valence-corrected chi connectivity index (χ0v) is 14.5. The van der Waals surface area contributed by atoms with Crippen LogP contribution in [0.2, 0.25) is 0 Å². The average molecular weight is 352 g/mol. The van der Waals surface area contributed by atoms with E-state index in [1.807, 2.05) is 31.2 Å². The molecule has 2 aromatic carbocycles. The lowest BCUT2D eigenvalue weighted by Crippen LogP contribution is -2.27. The number of aryl methyl sites for hydroxylation is 1. The Morgan fingerprint density at radius 2 is 1.88 bits per heavy atom. The lowest BCUT2D eigenvalue weighted by Gasteiger charge is -2.21. The summed E-state index contributed by atoms with van der Waals surface area (Å²) in [6.45, 7) is 3.02. The van der Waals surface area contributed by atoms with Crippen molar-refractivity contribution < 1.29 is 19.1 Å². The van der Waals surface area contributed by atoms with Gasteiger partial charge in [0.1, 0.15) is 13.2 Å². The van der Waals surface area contributed by atoms with Crippen LogP contribution in [0.5, 0.6) is 11.5 Å². The summed E-state index contributed by atoms with van der Waals surface area (Å²) in [5.41, 5.74) is 3.32. The first-order chi connectivity index (χ1) is 12.6. The molecule has 0 aliphatic carbocycles. The van der Waals surface area contributed by atoms with Crippen LogP contribution in [0.3, 0.4) is 0 Å². The van der Waals surface area contributed by atoms with E-state index in [0.717, 1.165) is 22.6 Å². The first-order valence-electron chi connectivity index (χ1n) is 8.73. The van der Waals surface area contributed by atoms with Crippen LogP contribution in [-0.2, 0) is 11.2 Å². The van der Waals surface area contributed by atoms with E-state index in [4.69, 9.17) is 9.47 Å². The molecular formula is C20H20N2O4. The van der Waals surface area contributed by atoms with Gasteiger partial charge in [-0.3, -0.25) is 9.59 Å². The summed E-state index contributed by atoms with van der Waals surface area (Å²) in [5, 5.41) is 5.84. The Hall–Kier alpha value is -3.02. The van der Waals surface area contributed by atoms with E-state index in [2.05, 4.69) is 10.6 Å². The number of anilines is 1. The van der Waals surface area contributed by atoms with Crippen LogP contribution in [0.15, 0.2) is 36.4 Å². The molecule has 26 heavy (non-hydrogen) atoms. The van der Waals surface area contributed by atoms with Gasteiger partial charge in [0.15, 0.2) is 11.5 Å². The largest absolute Gasteiger partial charge is 0.486 e. The fourth-order valence-corrected chi connectivity index (χ4v) is 3.22. The average Bonchev–Trinajstić information content (AvgIpc) is 2.67. The van der Waals surface area contributed by atoms with Gasteiger partial charge in [-0.25, -0.2) is 0 Å². The van der Waals surface area contributed by atoms with Gasteiger partial charge in [-0.1, -0.05) is 6.07 Å². The fraction of sp³-hybridized carbons (Fsp3) is 0.300. The minimum absolute atomic E-state index is 0.0157. The molecule has 2 aliphatic heterocycles. The van der Waals surface area contributed by atoms with E-state index in [0.29, 0.717) is 37.4 Å². The van der Waals surface area contributed by atoms with Crippen molar-refractivity contribution >= 4 is 17.5 Å². The molecular weight excluding hydrogens is 332 g/mol. The summed E-state index contributed by atoms with van der Waals surface area (Å²) >= 11 is 0. The summed E-state index contributed by atoms with van der Waals surface area (Å²) in [4.78, 5) is 24.1. The summed E-state index contributed by atoms with van der Waals surface area (Å²) in [5.74, 6) is 1.31. The van der Waals surface area contributed by atoms with Crippen LogP contribution in [-0.4, -0.2) is 25.0 Å². The molecule has 2 aromatic rings. The molecule has 0 bridgehead atoms. The number of fused-ring (bicyclic) bond motifs is 2. The molecule has 2 aliphatic rings. The van der Waals surface area contributed by atoms with E-state index >= 15 is 0 Å². The SMILES string of the molecule is CC(NC(=O)c1ccc2c(c1)CCC(=O)N2)c1ccc2c(c1)OCCO2. The number of nitrogens with one attached hydrogen (secondary N) is 2. The van der Waals surface area contributed by atoms with Crippen LogP contribution in [0.25, 0.3) is 0 Å². The Morgan fingerprint density at radius 3 is 2.73 bits per heavy atom. The van der Waals surface area contributed by atoms with E-state index in [-0.39, 0.29) is 17.9 Å². The molecule has 2 amide bonds. The topological polar surface area (TPSA) is 76.7 Å². The standard InChI is InChI=1S/C20H20N2O4/c1-12(13-3-6-17-18(11-13)26-9-8-25-17)21-20(24)15-2-5-16-14(10-15)4-7-19(23)22-16/h2-3,5-6,10-12H,4,7-9H2,1H3,(H,21,24)(H,22,23). The molecule has 0 radical (unpaired) electrons. The third-order valence-electron chi connectivity index (χ3n) is 4.68. The molecule has 134 valence electrons. The van der Waals surface area contributed by atoms with E-state index in [9.17, 15) is 9.59 Å². The van der Waals surface area contributed by atoms with Gasteiger partial charge < -0.3 is 20.1 Å². The fourth-order valence-electron chi connectivity index (χ4n) is 3.22. The zero-order chi connectivity index (χ0) is 18.1. The first-order valence-corrected chi connectivity index (χ1v) is 8.73. The zero-order valence-electron chi connectivity index (χ0n) is 14.5. The summed E-state index contributed by atoms with van der Waals surface area (Å²) < 4.78 is 11.1. The number of hydrogen-bond donors (Lipinski definition) is 2. The third-order valence-corrected chi connectivity index (χ3v) is 4.68. The van der Waals surface area contributed by atoms with Crippen molar-refractivity contribution in [3.8, 4) is 11.5 Å². The van der Waals surface area contributed by atoms with Gasteiger partial charge in [0.05, 0.1) is 6.04 Å². The highest BCUT2D eigenvalue weighted by molar-refractivity contribution is 5.98. The van der Waals surface area contributed by atoms with E-state index in [1.54, 1.807) is 12.1 Å². The molecule has 0 saturated carbocycles. The van der Waals surface area contributed by atoms with Crippen molar-refractivity contribution in [2.24, 2.45) is 0 Å². The number of amides is 2. The summed E-state index contributed by atoms with van der Waals surface area (Å²) in [6, 6.07) is 10.9. The molecule has 0 aromatic heterocycles. The van der Waals surface area contributed by atoms with Gasteiger partial charge >= 0.3 is 0 Å². The Morgan fingerprint density at radius 1 is 1.08 bits per heavy atom. The smallest absolute Gasteiger partial charge is 0.251 e. The van der Waals surface area contributed by atoms with Crippen molar-refractivity contribution in [3.05, 3.63) is 53.1 Å². The number of benzene rings is 2. The molecule has 6 nitrogen and oxygen atoms in total. The number of ether oxygens (including phenoxy) is 2. The van der Waals surface area contributed by atoms with Crippen molar-refractivity contribution in [1.82, 2.24) is 5.32 Å². The lowest BCUT2D eigenvalue weighted by molar-refractivity contribution is -0.116. The second-order valence-electron chi connectivity index (χ2n) is 6.52. The molecule has 2 N–H and O–H groups in total. The molecule has 4 rings (SSSR count). The van der Waals surface area contributed by atoms with Crippen LogP contribution < -0.4 is 20.1 Å². The highest BCUT2D eigenvalue weighted by Crippen LogP contribution is 2.32. The molecule has 1 atom stereocenters. The third kappa shape index (κ3) is 3.22. The highest BCUT2D eigenvalue weighted by atomic mass is 16.6. The van der Waals surface area contributed by atoms with Crippen LogP contribution in [0.4, 0.5) is 5.69 Å². The van der Waals surface area contributed by atoms with Gasteiger partial charge in [-0.2, -0.15) is 0 Å². The van der Waals surface area contributed by atoms with Crippen molar-refractivity contribution in [1.29, 1.82) is 0 Å². The molecule has 0 saturated heterocycles. The Bertz CT molecular complexity index is 878. The minimum Gasteiger partial charge on any atom is -0.486 e. The van der Waals surface area contributed by atoms with Crippen LogP contribution in [0.1, 0.15) is 40.9 Å². The van der Waals surface area contributed by atoms with Crippen molar-refractivity contribution in [3.63, 3.8) is 0 Å². The van der Waals surface area contributed by atoms with Gasteiger partial charge in [-0.05, 0) is 54.8 Å².